The summed E-state index contributed by atoms with van der Waals surface area (Å²) in [6.07, 6.45) is 1.36. The van der Waals surface area contributed by atoms with Crippen LogP contribution in [0.2, 0.25) is 10.0 Å². The van der Waals surface area contributed by atoms with Crippen LogP contribution in [-0.2, 0) is 9.84 Å². The smallest absolute Gasteiger partial charge is 0.318 e. The van der Waals surface area contributed by atoms with E-state index in [0.29, 0.717) is 6.20 Å². The first-order valence-corrected chi connectivity index (χ1v) is 7.81. The van der Waals surface area contributed by atoms with Gasteiger partial charge in [-0.25, -0.2) is 12.8 Å². The molecule has 0 aliphatic heterocycles. The van der Waals surface area contributed by atoms with Gasteiger partial charge >= 0.3 is 5.51 Å². The quantitative estimate of drug-likeness (QED) is 0.730. The van der Waals surface area contributed by atoms with Gasteiger partial charge in [0.25, 0.3) is 9.84 Å². The third-order valence-electron chi connectivity index (χ3n) is 2.74. The molecular weight excluding hydrogens is 383 g/mol. The van der Waals surface area contributed by atoms with Gasteiger partial charge < -0.3 is 4.57 Å². The molecule has 0 unspecified atom stereocenters. The van der Waals surface area contributed by atoms with Crippen molar-refractivity contribution in [2.45, 2.75) is 10.4 Å². The number of halogens is 6. The van der Waals surface area contributed by atoms with Crippen LogP contribution in [0.15, 0.2) is 29.4 Å². The molecule has 23 heavy (non-hydrogen) atoms. The van der Waals surface area contributed by atoms with E-state index in [2.05, 4.69) is 0 Å². The summed E-state index contributed by atoms with van der Waals surface area (Å²) in [5.41, 5.74) is -6.49. The van der Waals surface area contributed by atoms with Crippen molar-refractivity contribution in [2.75, 3.05) is 0 Å². The lowest BCUT2D eigenvalue weighted by atomic mass is 10.3. The van der Waals surface area contributed by atoms with Gasteiger partial charge in [0, 0.05) is 12.4 Å². The third-order valence-corrected chi connectivity index (χ3v) is 4.83. The number of aromatic nitrogens is 1. The number of nitrogens with zero attached hydrogens (tertiary/aromatic N) is 2. The lowest BCUT2D eigenvalue weighted by Crippen LogP contribution is -2.23. The highest BCUT2D eigenvalue weighted by Crippen LogP contribution is 2.36. The molecule has 0 fully saturated rings. The second-order valence-corrected chi connectivity index (χ2v) is 6.95. The zero-order chi connectivity index (χ0) is 17.6. The van der Waals surface area contributed by atoms with Crippen LogP contribution in [0.4, 0.5) is 17.6 Å². The molecule has 4 nitrogen and oxygen atoms in total. The number of hydrogen-bond donors (Lipinski definition) is 0. The third kappa shape index (κ3) is 3.02. The van der Waals surface area contributed by atoms with E-state index in [1.165, 1.54) is 6.07 Å². The largest absolute Gasteiger partial charge is 0.502 e. The molecule has 0 saturated carbocycles. The van der Waals surface area contributed by atoms with Crippen molar-refractivity contribution in [3.8, 4) is 11.8 Å². The van der Waals surface area contributed by atoms with Crippen LogP contribution in [-0.4, -0.2) is 18.5 Å². The zero-order valence-corrected chi connectivity index (χ0v) is 13.0. The lowest BCUT2D eigenvalue weighted by Gasteiger charge is -2.09. The maximum atomic E-state index is 13.1. The Morgan fingerprint density at radius 1 is 1.13 bits per heavy atom. The average molecular weight is 387 g/mol. The fraction of sp³-hybridized carbons (Fsp3) is 0.0833. The summed E-state index contributed by atoms with van der Waals surface area (Å²) in [4.78, 5) is -1.25. The van der Waals surface area contributed by atoms with Gasteiger partial charge in [0.05, 0.1) is 21.3 Å². The van der Waals surface area contributed by atoms with Gasteiger partial charge in [-0.1, -0.05) is 23.2 Å². The Labute approximate surface area is 137 Å². The second-order valence-electron chi connectivity index (χ2n) is 4.22. The second kappa shape index (κ2) is 5.70. The first-order valence-electron chi connectivity index (χ1n) is 5.57. The summed E-state index contributed by atoms with van der Waals surface area (Å²) in [5.74, 6) is -0.792. The summed E-state index contributed by atoms with van der Waals surface area (Å²) in [7, 11) is -5.74. The maximum absolute atomic E-state index is 13.1. The van der Waals surface area contributed by atoms with E-state index in [1.807, 2.05) is 0 Å². The first-order chi connectivity index (χ1) is 10.5. The zero-order valence-electron chi connectivity index (χ0n) is 10.7. The average Bonchev–Trinajstić information content (AvgIpc) is 2.80. The molecule has 1 aromatic heterocycles. The van der Waals surface area contributed by atoms with Crippen molar-refractivity contribution < 1.29 is 26.0 Å². The molecule has 0 radical (unpaired) electrons. The fourth-order valence-corrected chi connectivity index (χ4v) is 3.31. The van der Waals surface area contributed by atoms with E-state index in [0.717, 1.165) is 22.9 Å². The van der Waals surface area contributed by atoms with Crippen LogP contribution in [0.5, 0.6) is 0 Å². The minimum atomic E-state index is -5.74. The number of rotatable bonds is 2. The van der Waals surface area contributed by atoms with E-state index in [-0.39, 0.29) is 15.7 Å². The van der Waals surface area contributed by atoms with Crippen molar-refractivity contribution in [2.24, 2.45) is 0 Å². The van der Waals surface area contributed by atoms with Gasteiger partial charge in [-0.15, -0.1) is 0 Å². The van der Waals surface area contributed by atoms with E-state index in [4.69, 9.17) is 28.5 Å². The van der Waals surface area contributed by atoms with Gasteiger partial charge in [0.2, 0.25) is 0 Å². The molecule has 2 aromatic rings. The van der Waals surface area contributed by atoms with Crippen molar-refractivity contribution in [3.63, 3.8) is 0 Å². The van der Waals surface area contributed by atoms with Crippen LogP contribution in [0, 0.1) is 17.1 Å². The predicted octanol–water partition coefficient (Wildman–Crippen LogP) is 4.09. The molecule has 0 N–H and O–H groups in total. The van der Waals surface area contributed by atoms with Gasteiger partial charge in [-0.3, -0.25) is 0 Å². The van der Waals surface area contributed by atoms with Gasteiger partial charge in [-0.05, 0) is 12.1 Å². The van der Waals surface area contributed by atoms with Crippen molar-refractivity contribution in [3.05, 3.63) is 46.0 Å². The minimum absolute atomic E-state index is 0.158. The normalized spacial score (nSPS) is 12.2. The molecule has 0 amide bonds. The summed E-state index contributed by atoms with van der Waals surface area (Å²) in [5, 5.41) is 8.32. The molecule has 0 atom stereocenters. The van der Waals surface area contributed by atoms with Gasteiger partial charge in [0.1, 0.15) is 16.8 Å². The highest BCUT2D eigenvalue weighted by molar-refractivity contribution is 7.92. The van der Waals surface area contributed by atoms with Crippen molar-refractivity contribution in [1.29, 1.82) is 5.26 Å². The van der Waals surface area contributed by atoms with Crippen molar-refractivity contribution in [1.82, 2.24) is 4.57 Å². The Bertz CT molecular complexity index is 907. The standard InChI is InChI=1S/C12H4Cl2F4N2O2S/c13-8-1-7(15)2-9(14)11(8)20-4-6(3-19)10(5-20)23(21,22)12(16,17)18/h1-2,4-5H. The molecule has 0 aliphatic carbocycles. The summed E-state index contributed by atoms with van der Waals surface area (Å²) in [6.45, 7) is 0. The summed E-state index contributed by atoms with van der Waals surface area (Å²) < 4.78 is 74.9. The summed E-state index contributed by atoms with van der Waals surface area (Å²) >= 11 is 11.6. The Morgan fingerprint density at radius 3 is 2.09 bits per heavy atom. The van der Waals surface area contributed by atoms with E-state index in [1.54, 1.807) is 0 Å². The Balaban J connectivity index is 2.75. The molecule has 0 saturated heterocycles. The van der Waals surface area contributed by atoms with Crippen LogP contribution < -0.4 is 0 Å². The molecule has 0 aliphatic rings. The summed E-state index contributed by atoms with van der Waals surface area (Å²) in [6, 6.07) is 3.03. The van der Waals surface area contributed by atoms with Crippen LogP contribution >= 0.6 is 23.2 Å². The van der Waals surface area contributed by atoms with Crippen LogP contribution in [0.3, 0.4) is 0 Å². The van der Waals surface area contributed by atoms with Gasteiger partial charge in [0.15, 0.2) is 0 Å². The monoisotopic (exact) mass is 386 g/mol. The molecular formula is C12H4Cl2F4N2O2S. The number of alkyl halides is 3. The Kier molecular flexibility index (Phi) is 4.36. The number of nitriles is 1. The Morgan fingerprint density at radius 2 is 1.65 bits per heavy atom. The molecule has 1 heterocycles. The molecule has 122 valence electrons. The van der Waals surface area contributed by atoms with Crippen molar-refractivity contribution >= 4 is 33.0 Å². The predicted molar refractivity (Wildman–Crippen MR) is 73.7 cm³/mol. The number of benzene rings is 1. The van der Waals surface area contributed by atoms with Crippen LogP contribution in [0.1, 0.15) is 5.56 Å². The molecule has 0 bridgehead atoms. The highest BCUT2D eigenvalue weighted by atomic mass is 35.5. The van der Waals surface area contributed by atoms with Crippen LogP contribution in [0.25, 0.3) is 5.69 Å². The molecule has 1 aromatic carbocycles. The number of hydrogen-bond acceptors (Lipinski definition) is 3. The molecule has 11 heteroatoms. The molecule has 0 spiro atoms. The topological polar surface area (TPSA) is 62.9 Å². The fourth-order valence-electron chi connectivity index (χ4n) is 1.77. The van der Waals surface area contributed by atoms with E-state index >= 15 is 0 Å². The lowest BCUT2D eigenvalue weighted by molar-refractivity contribution is -0.0436. The maximum Gasteiger partial charge on any atom is 0.502 e. The SMILES string of the molecule is N#Cc1cn(-c2c(Cl)cc(F)cc2Cl)cc1S(=O)(=O)C(F)(F)F. The van der Waals surface area contributed by atoms with Gasteiger partial charge in [-0.2, -0.15) is 18.4 Å². The van der Waals surface area contributed by atoms with E-state index < -0.39 is 31.6 Å². The molecule has 2 rings (SSSR count). The minimum Gasteiger partial charge on any atom is -0.318 e. The van der Waals surface area contributed by atoms with E-state index in [9.17, 15) is 26.0 Å². The Hall–Kier alpha value is -1.76. The first kappa shape index (κ1) is 17.6. The highest BCUT2D eigenvalue weighted by Gasteiger charge is 2.48. The number of sulfone groups is 1.